The maximum Gasteiger partial charge on any atom is 0.310 e. The van der Waals surface area contributed by atoms with E-state index in [1.54, 1.807) is 6.92 Å². The highest BCUT2D eigenvalue weighted by molar-refractivity contribution is 5.96. The van der Waals surface area contributed by atoms with Gasteiger partial charge in [0.05, 0.1) is 25.7 Å². The largest absolute Gasteiger partial charge is 0.496 e. The second-order valence-corrected chi connectivity index (χ2v) is 5.65. The van der Waals surface area contributed by atoms with Crippen molar-refractivity contribution in [3.05, 3.63) is 65.0 Å². The number of benzene rings is 2. The third-order valence-corrected chi connectivity index (χ3v) is 3.78. The lowest BCUT2D eigenvalue weighted by Gasteiger charge is -2.10. The Hall–Kier alpha value is -2.89. The molecule has 6 heteroatoms. The zero-order valence-corrected chi connectivity index (χ0v) is 14.9. The highest BCUT2D eigenvalue weighted by atomic mass is 19.1. The third kappa shape index (κ3) is 5.58. The Morgan fingerprint density at radius 2 is 1.77 bits per heavy atom. The Bertz CT molecular complexity index is 759. The Labute approximate surface area is 152 Å². The summed E-state index contributed by atoms with van der Waals surface area (Å²) in [6, 6.07) is 11.4. The SMILES string of the molecule is CCOC(=O)Cc1ccc(CCNC(=O)c2cc(F)ccc2OC)cc1. The van der Waals surface area contributed by atoms with Crippen LogP contribution in [0.25, 0.3) is 0 Å². The van der Waals surface area contributed by atoms with E-state index in [1.807, 2.05) is 24.3 Å². The fourth-order valence-corrected chi connectivity index (χ4v) is 2.48. The number of rotatable bonds is 8. The molecule has 5 nitrogen and oxygen atoms in total. The van der Waals surface area contributed by atoms with Gasteiger partial charge in [-0.25, -0.2) is 4.39 Å². The Kier molecular flexibility index (Phi) is 7.14. The second kappa shape index (κ2) is 9.56. The van der Waals surface area contributed by atoms with Crippen LogP contribution in [0, 0.1) is 5.82 Å². The van der Waals surface area contributed by atoms with Crippen LogP contribution in [0.5, 0.6) is 5.75 Å². The standard InChI is InChI=1S/C20H22FNO4/c1-3-26-19(23)12-15-6-4-14(5-7-15)10-11-22-20(24)17-13-16(21)8-9-18(17)25-2/h4-9,13H,3,10-12H2,1-2H3,(H,22,24). The molecule has 26 heavy (non-hydrogen) atoms. The van der Waals surface area contributed by atoms with Gasteiger partial charge in [-0.15, -0.1) is 0 Å². The highest BCUT2D eigenvalue weighted by Gasteiger charge is 2.13. The lowest BCUT2D eigenvalue weighted by molar-refractivity contribution is -0.142. The van der Waals surface area contributed by atoms with Gasteiger partial charge in [0.1, 0.15) is 11.6 Å². The van der Waals surface area contributed by atoms with E-state index in [2.05, 4.69) is 5.32 Å². The summed E-state index contributed by atoms with van der Waals surface area (Å²) in [4.78, 5) is 23.6. The molecule has 0 bridgehead atoms. The molecule has 0 radical (unpaired) electrons. The van der Waals surface area contributed by atoms with Crippen molar-refractivity contribution in [3.8, 4) is 5.75 Å². The van der Waals surface area contributed by atoms with Gasteiger partial charge in [-0.1, -0.05) is 24.3 Å². The first-order valence-electron chi connectivity index (χ1n) is 8.38. The molecule has 0 fully saturated rings. The smallest absolute Gasteiger partial charge is 0.310 e. The number of ether oxygens (including phenoxy) is 2. The van der Waals surface area contributed by atoms with Crippen LogP contribution in [-0.4, -0.2) is 32.1 Å². The van der Waals surface area contributed by atoms with Crippen LogP contribution in [0.15, 0.2) is 42.5 Å². The van der Waals surface area contributed by atoms with Gasteiger partial charge in [-0.05, 0) is 42.7 Å². The number of hydrogen-bond donors (Lipinski definition) is 1. The van der Waals surface area contributed by atoms with E-state index in [9.17, 15) is 14.0 Å². The van der Waals surface area contributed by atoms with Crippen molar-refractivity contribution in [2.75, 3.05) is 20.3 Å². The zero-order valence-electron chi connectivity index (χ0n) is 14.9. The highest BCUT2D eigenvalue weighted by Crippen LogP contribution is 2.19. The van der Waals surface area contributed by atoms with Crippen LogP contribution in [0.2, 0.25) is 0 Å². The topological polar surface area (TPSA) is 64.6 Å². The molecular weight excluding hydrogens is 337 g/mol. The summed E-state index contributed by atoms with van der Waals surface area (Å²) in [5.41, 5.74) is 2.06. The molecule has 0 aromatic heterocycles. The summed E-state index contributed by atoms with van der Waals surface area (Å²) < 4.78 is 23.3. The molecule has 0 aliphatic rings. The molecular formula is C20H22FNO4. The maximum absolute atomic E-state index is 13.3. The first-order valence-corrected chi connectivity index (χ1v) is 8.38. The quantitative estimate of drug-likeness (QED) is 0.736. The minimum Gasteiger partial charge on any atom is -0.496 e. The molecule has 0 unspecified atom stereocenters. The lowest BCUT2D eigenvalue weighted by atomic mass is 10.1. The summed E-state index contributed by atoms with van der Waals surface area (Å²) in [5, 5.41) is 2.75. The molecule has 0 heterocycles. The average Bonchev–Trinajstić information content (AvgIpc) is 2.63. The van der Waals surface area contributed by atoms with Crippen LogP contribution in [0.4, 0.5) is 4.39 Å². The van der Waals surface area contributed by atoms with E-state index in [0.29, 0.717) is 25.3 Å². The van der Waals surface area contributed by atoms with Crippen molar-refractivity contribution in [3.63, 3.8) is 0 Å². The van der Waals surface area contributed by atoms with Gasteiger partial charge >= 0.3 is 5.97 Å². The van der Waals surface area contributed by atoms with E-state index < -0.39 is 5.82 Å². The van der Waals surface area contributed by atoms with Crippen molar-refractivity contribution < 1.29 is 23.5 Å². The third-order valence-electron chi connectivity index (χ3n) is 3.78. The number of esters is 1. The van der Waals surface area contributed by atoms with Gasteiger partial charge < -0.3 is 14.8 Å². The number of hydrogen-bond acceptors (Lipinski definition) is 4. The van der Waals surface area contributed by atoms with E-state index in [4.69, 9.17) is 9.47 Å². The number of amides is 1. The molecule has 2 aromatic rings. The van der Waals surface area contributed by atoms with Crippen LogP contribution in [0.1, 0.15) is 28.4 Å². The van der Waals surface area contributed by atoms with Crippen molar-refractivity contribution in [2.45, 2.75) is 19.8 Å². The second-order valence-electron chi connectivity index (χ2n) is 5.65. The molecule has 138 valence electrons. The van der Waals surface area contributed by atoms with Crippen molar-refractivity contribution >= 4 is 11.9 Å². The molecule has 1 N–H and O–H groups in total. The molecule has 0 spiro atoms. The van der Waals surface area contributed by atoms with E-state index in [1.165, 1.54) is 19.2 Å². The molecule has 0 saturated heterocycles. The van der Waals surface area contributed by atoms with Crippen molar-refractivity contribution in [2.24, 2.45) is 0 Å². The number of nitrogens with one attached hydrogen (secondary N) is 1. The van der Waals surface area contributed by atoms with E-state index >= 15 is 0 Å². The minimum atomic E-state index is -0.492. The Morgan fingerprint density at radius 1 is 1.08 bits per heavy atom. The minimum absolute atomic E-state index is 0.164. The predicted octanol–water partition coefficient (Wildman–Crippen LogP) is 2.91. The molecule has 0 aliphatic carbocycles. The lowest BCUT2D eigenvalue weighted by Crippen LogP contribution is -2.26. The summed E-state index contributed by atoms with van der Waals surface area (Å²) in [7, 11) is 1.43. The Balaban J connectivity index is 1.87. The molecule has 0 aliphatic heterocycles. The average molecular weight is 359 g/mol. The molecule has 0 saturated carbocycles. The molecule has 0 atom stereocenters. The van der Waals surface area contributed by atoms with E-state index in [0.717, 1.165) is 17.2 Å². The van der Waals surface area contributed by atoms with Gasteiger partial charge in [0.25, 0.3) is 5.91 Å². The van der Waals surface area contributed by atoms with Crippen LogP contribution in [-0.2, 0) is 22.4 Å². The van der Waals surface area contributed by atoms with Crippen LogP contribution >= 0.6 is 0 Å². The fourth-order valence-electron chi connectivity index (χ4n) is 2.48. The number of methoxy groups -OCH3 is 1. The molecule has 1 amide bonds. The normalized spacial score (nSPS) is 10.3. The molecule has 2 aromatic carbocycles. The molecule has 2 rings (SSSR count). The maximum atomic E-state index is 13.3. The van der Waals surface area contributed by atoms with E-state index in [-0.39, 0.29) is 23.9 Å². The van der Waals surface area contributed by atoms with Gasteiger partial charge in [0, 0.05) is 6.54 Å². The zero-order chi connectivity index (χ0) is 18.9. The first kappa shape index (κ1) is 19.4. The van der Waals surface area contributed by atoms with Gasteiger partial charge in [-0.3, -0.25) is 9.59 Å². The van der Waals surface area contributed by atoms with Crippen molar-refractivity contribution in [1.29, 1.82) is 0 Å². The van der Waals surface area contributed by atoms with Crippen molar-refractivity contribution in [1.82, 2.24) is 5.32 Å². The Morgan fingerprint density at radius 3 is 2.42 bits per heavy atom. The summed E-state index contributed by atoms with van der Waals surface area (Å²) in [6.45, 7) is 2.54. The number of carbonyl (C=O) groups is 2. The monoisotopic (exact) mass is 359 g/mol. The summed E-state index contributed by atoms with van der Waals surface area (Å²) >= 11 is 0. The number of halogens is 1. The van der Waals surface area contributed by atoms with Crippen LogP contribution in [0.3, 0.4) is 0 Å². The predicted molar refractivity (Wildman–Crippen MR) is 95.8 cm³/mol. The fraction of sp³-hybridized carbons (Fsp3) is 0.300. The van der Waals surface area contributed by atoms with Gasteiger partial charge in [0.15, 0.2) is 0 Å². The first-order chi connectivity index (χ1) is 12.5. The summed E-state index contributed by atoms with van der Waals surface area (Å²) in [5.74, 6) is -0.808. The van der Waals surface area contributed by atoms with Crippen LogP contribution < -0.4 is 10.1 Å². The summed E-state index contributed by atoms with van der Waals surface area (Å²) in [6.07, 6.45) is 0.854. The number of carbonyl (C=O) groups excluding carboxylic acids is 2. The van der Waals surface area contributed by atoms with Gasteiger partial charge in [0.2, 0.25) is 0 Å². The van der Waals surface area contributed by atoms with Gasteiger partial charge in [-0.2, -0.15) is 0 Å².